The summed E-state index contributed by atoms with van der Waals surface area (Å²) in [4.78, 5) is 17.2. The molecule has 0 aliphatic carbocycles. The van der Waals surface area contributed by atoms with Gasteiger partial charge in [-0.1, -0.05) is 23.4 Å². The van der Waals surface area contributed by atoms with Gasteiger partial charge < -0.3 is 14.6 Å². The normalized spacial score (nSPS) is 11.0. The van der Waals surface area contributed by atoms with Gasteiger partial charge in [-0.2, -0.15) is 0 Å². The molecular weight excluding hydrogens is 434 g/mol. The van der Waals surface area contributed by atoms with Crippen LogP contribution in [0, 0.1) is 6.92 Å². The Morgan fingerprint density at radius 1 is 1.03 bits per heavy atom. The molecule has 0 radical (unpaired) electrons. The van der Waals surface area contributed by atoms with E-state index in [0.717, 1.165) is 33.1 Å². The number of ether oxygens (including phenoxy) is 1. The first kappa shape index (κ1) is 20.9. The summed E-state index contributed by atoms with van der Waals surface area (Å²) in [6, 6.07) is 23.2. The minimum absolute atomic E-state index is 0.118. The molecule has 0 unspecified atom stereocenters. The van der Waals surface area contributed by atoms with Gasteiger partial charge in [-0.25, -0.2) is 4.98 Å². The van der Waals surface area contributed by atoms with Crippen LogP contribution in [0.25, 0.3) is 32.1 Å². The summed E-state index contributed by atoms with van der Waals surface area (Å²) < 4.78 is 11.8. The molecule has 0 aliphatic heterocycles. The van der Waals surface area contributed by atoms with Crippen LogP contribution in [0.5, 0.6) is 5.75 Å². The van der Waals surface area contributed by atoms with Crippen molar-refractivity contribution in [1.82, 2.24) is 10.1 Å². The first-order valence-electron chi connectivity index (χ1n) is 10.4. The second-order valence-corrected chi connectivity index (χ2v) is 8.74. The fraction of sp³-hybridized carbons (Fsp3) is 0.115. The molecule has 2 heterocycles. The predicted octanol–water partition coefficient (Wildman–Crippen LogP) is 6.12. The average molecular weight is 456 g/mol. The highest BCUT2D eigenvalue weighted by molar-refractivity contribution is 7.21. The number of aryl methyl sites for hydroxylation is 1. The minimum atomic E-state index is -0.163. The highest BCUT2D eigenvalue weighted by atomic mass is 32.1. The molecule has 5 aromatic rings. The number of hydrogen-bond acceptors (Lipinski definition) is 6. The number of amides is 1. The van der Waals surface area contributed by atoms with Crippen LogP contribution in [0.3, 0.4) is 0 Å². The lowest BCUT2D eigenvalue weighted by molar-refractivity contribution is -0.115. The molecule has 0 saturated carbocycles. The summed E-state index contributed by atoms with van der Waals surface area (Å²) in [5, 5.41) is 7.90. The Labute approximate surface area is 194 Å². The van der Waals surface area contributed by atoms with E-state index in [1.54, 1.807) is 24.5 Å². The van der Waals surface area contributed by atoms with Gasteiger partial charge in [0.2, 0.25) is 5.91 Å². The monoisotopic (exact) mass is 455 g/mol. The van der Waals surface area contributed by atoms with Crippen LogP contribution < -0.4 is 10.1 Å². The maximum atomic E-state index is 12.5. The summed E-state index contributed by atoms with van der Waals surface area (Å²) in [6.07, 6.45) is 0.118. The van der Waals surface area contributed by atoms with E-state index in [1.807, 2.05) is 54.6 Å². The lowest BCUT2D eigenvalue weighted by Gasteiger charge is -2.04. The van der Waals surface area contributed by atoms with Gasteiger partial charge in [0.15, 0.2) is 5.76 Å². The SMILES string of the molecule is COc1cccc(-c2cc(CC(=O)Nc3ccc(-c4nc5ccc(C)cc5s4)cc3)no2)c1. The Balaban J connectivity index is 1.24. The third-order valence-electron chi connectivity index (χ3n) is 5.21. The van der Waals surface area contributed by atoms with Gasteiger partial charge >= 0.3 is 0 Å². The molecule has 2 aromatic heterocycles. The first-order chi connectivity index (χ1) is 16.1. The standard InChI is InChI=1S/C26H21N3O3S/c1-16-6-11-22-24(12-16)33-26(28-22)17-7-9-19(10-8-17)27-25(30)15-20-14-23(32-29-20)18-4-3-5-21(13-18)31-2/h3-14H,15H2,1-2H3,(H,27,30). The van der Waals surface area contributed by atoms with Crippen molar-refractivity contribution in [2.45, 2.75) is 13.3 Å². The fourth-order valence-corrected chi connectivity index (χ4v) is 4.60. The molecule has 33 heavy (non-hydrogen) atoms. The molecule has 7 heteroatoms. The Morgan fingerprint density at radius 2 is 1.88 bits per heavy atom. The van der Waals surface area contributed by atoms with Crippen molar-refractivity contribution in [3.63, 3.8) is 0 Å². The third kappa shape index (κ3) is 4.63. The lowest BCUT2D eigenvalue weighted by atomic mass is 10.1. The molecule has 6 nitrogen and oxygen atoms in total. The minimum Gasteiger partial charge on any atom is -0.497 e. The van der Waals surface area contributed by atoms with Crippen molar-refractivity contribution in [2.24, 2.45) is 0 Å². The van der Waals surface area contributed by atoms with Crippen LogP contribution in [-0.4, -0.2) is 23.2 Å². The number of fused-ring (bicyclic) bond motifs is 1. The van der Waals surface area contributed by atoms with Gasteiger partial charge in [0.25, 0.3) is 0 Å². The van der Waals surface area contributed by atoms with Gasteiger partial charge in [0.05, 0.1) is 29.4 Å². The average Bonchev–Trinajstić information content (AvgIpc) is 3.46. The number of aromatic nitrogens is 2. The zero-order valence-electron chi connectivity index (χ0n) is 18.2. The fourth-order valence-electron chi connectivity index (χ4n) is 3.53. The molecule has 0 aliphatic rings. The van der Waals surface area contributed by atoms with Crippen LogP contribution in [0.4, 0.5) is 5.69 Å². The number of nitrogens with zero attached hydrogens (tertiary/aromatic N) is 2. The van der Waals surface area contributed by atoms with E-state index >= 15 is 0 Å². The number of methoxy groups -OCH3 is 1. The zero-order valence-corrected chi connectivity index (χ0v) is 19.0. The zero-order chi connectivity index (χ0) is 22.8. The maximum absolute atomic E-state index is 12.5. The quantitative estimate of drug-likeness (QED) is 0.334. The molecule has 1 amide bonds. The molecule has 1 N–H and O–H groups in total. The van der Waals surface area contributed by atoms with Crippen molar-refractivity contribution >= 4 is 33.1 Å². The van der Waals surface area contributed by atoms with Crippen molar-refractivity contribution in [1.29, 1.82) is 0 Å². The topological polar surface area (TPSA) is 77.2 Å². The van der Waals surface area contributed by atoms with Gasteiger partial charge in [-0.3, -0.25) is 4.79 Å². The molecule has 164 valence electrons. The molecule has 0 fully saturated rings. The smallest absolute Gasteiger partial charge is 0.230 e. The Morgan fingerprint density at radius 3 is 2.70 bits per heavy atom. The number of anilines is 1. The number of carbonyl (C=O) groups excluding carboxylic acids is 1. The van der Waals surface area contributed by atoms with Crippen LogP contribution in [0.2, 0.25) is 0 Å². The van der Waals surface area contributed by atoms with Gasteiger partial charge in [-0.05, 0) is 61.0 Å². The number of nitrogens with one attached hydrogen (secondary N) is 1. The number of carbonyl (C=O) groups is 1. The molecule has 0 bridgehead atoms. The number of thiazole rings is 1. The predicted molar refractivity (Wildman–Crippen MR) is 131 cm³/mol. The molecule has 3 aromatic carbocycles. The Kier molecular flexibility index (Phi) is 5.62. The van der Waals surface area contributed by atoms with Gasteiger partial charge in [-0.15, -0.1) is 11.3 Å². The van der Waals surface area contributed by atoms with E-state index in [9.17, 15) is 4.79 Å². The van der Waals surface area contributed by atoms with E-state index in [0.29, 0.717) is 11.5 Å². The largest absolute Gasteiger partial charge is 0.497 e. The highest BCUT2D eigenvalue weighted by Crippen LogP contribution is 2.31. The number of rotatable bonds is 6. The summed E-state index contributed by atoms with van der Waals surface area (Å²) in [5.41, 5.74) is 5.36. The highest BCUT2D eigenvalue weighted by Gasteiger charge is 2.12. The van der Waals surface area contributed by atoms with E-state index in [2.05, 4.69) is 29.5 Å². The summed E-state index contributed by atoms with van der Waals surface area (Å²) in [7, 11) is 1.61. The van der Waals surface area contributed by atoms with E-state index in [4.69, 9.17) is 14.2 Å². The van der Waals surface area contributed by atoms with Crippen LogP contribution >= 0.6 is 11.3 Å². The molecule has 5 rings (SSSR count). The van der Waals surface area contributed by atoms with Gasteiger partial charge in [0, 0.05) is 22.9 Å². The second kappa shape index (κ2) is 8.88. The summed E-state index contributed by atoms with van der Waals surface area (Å²) in [5.74, 6) is 1.16. The summed E-state index contributed by atoms with van der Waals surface area (Å²) in [6.45, 7) is 2.08. The number of hydrogen-bond donors (Lipinski definition) is 1. The van der Waals surface area contributed by atoms with E-state index in [1.165, 1.54) is 10.3 Å². The Bertz CT molecular complexity index is 1440. The van der Waals surface area contributed by atoms with Crippen molar-refractivity contribution in [3.8, 4) is 27.6 Å². The second-order valence-electron chi connectivity index (χ2n) is 7.71. The van der Waals surface area contributed by atoms with Crippen LogP contribution in [-0.2, 0) is 11.2 Å². The first-order valence-corrected chi connectivity index (χ1v) is 11.3. The lowest BCUT2D eigenvalue weighted by Crippen LogP contribution is -2.14. The molecule has 0 atom stereocenters. The summed E-state index contributed by atoms with van der Waals surface area (Å²) >= 11 is 1.66. The van der Waals surface area contributed by atoms with E-state index < -0.39 is 0 Å². The van der Waals surface area contributed by atoms with Crippen LogP contribution in [0.15, 0.2) is 77.3 Å². The molecular formula is C26H21N3O3S. The van der Waals surface area contributed by atoms with Crippen molar-refractivity contribution in [2.75, 3.05) is 12.4 Å². The van der Waals surface area contributed by atoms with Gasteiger partial charge in [0.1, 0.15) is 10.8 Å². The number of benzene rings is 3. The maximum Gasteiger partial charge on any atom is 0.230 e. The van der Waals surface area contributed by atoms with E-state index in [-0.39, 0.29) is 12.3 Å². The third-order valence-corrected chi connectivity index (χ3v) is 6.28. The molecule has 0 spiro atoms. The van der Waals surface area contributed by atoms with Crippen molar-refractivity contribution in [3.05, 3.63) is 84.1 Å². The van der Waals surface area contributed by atoms with Crippen LogP contribution in [0.1, 0.15) is 11.3 Å². The Hall–Kier alpha value is -3.97. The molecule has 0 saturated heterocycles. The van der Waals surface area contributed by atoms with Crippen molar-refractivity contribution < 1.29 is 14.1 Å².